The molecule has 2 aliphatic carbocycles. The van der Waals surface area contributed by atoms with Gasteiger partial charge in [-0.3, -0.25) is 9.52 Å². The number of amides is 1. The number of rotatable bonds is 5. The van der Waals surface area contributed by atoms with Gasteiger partial charge in [0.2, 0.25) is 0 Å². The third-order valence-electron chi connectivity index (χ3n) is 5.81. The van der Waals surface area contributed by atoms with E-state index in [0.717, 1.165) is 24.3 Å². The summed E-state index contributed by atoms with van der Waals surface area (Å²) in [7, 11) is -3.91. The van der Waals surface area contributed by atoms with Crippen LogP contribution >= 0.6 is 11.6 Å². The first-order chi connectivity index (χ1) is 13.3. The average molecular weight is 419 g/mol. The molecule has 148 valence electrons. The van der Waals surface area contributed by atoms with Crippen LogP contribution < -0.4 is 10.0 Å². The molecule has 2 aromatic rings. The fraction of sp³-hybridized carbons (Fsp3) is 0.381. The van der Waals surface area contributed by atoms with Gasteiger partial charge >= 0.3 is 0 Å². The predicted octanol–water partition coefficient (Wildman–Crippen LogP) is 4.37. The molecule has 3 atom stereocenters. The van der Waals surface area contributed by atoms with Crippen molar-refractivity contribution in [2.24, 2.45) is 11.8 Å². The molecular weight excluding hydrogens is 396 g/mol. The summed E-state index contributed by atoms with van der Waals surface area (Å²) in [6, 6.07) is 11.6. The Kier molecular flexibility index (Phi) is 5.10. The molecular formula is C21H23ClN2O3S. The lowest BCUT2D eigenvalue weighted by Gasteiger charge is -2.23. The zero-order valence-corrected chi connectivity index (χ0v) is 17.2. The van der Waals surface area contributed by atoms with Gasteiger partial charge in [-0.05, 0) is 73.9 Å². The van der Waals surface area contributed by atoms with Crippen LogP contribution in [0, 0.1) is 18.8 Å². The number of benzene rings is 2. The minimum Gasteiger partial charge on any atom is -0.349 e. The van der Waals surface area contributed by atoms with Crippen molar-refractivity contribution < 1.29 is 13.2 Å². The molecule has 4 rings (SSSR count). The third kappa shape index (κ3) is 3.89. The van der Waals surface area contributed by atoms with Gasteiger partial charge in [-0.1, -0.05) is 30.2 Å². The summed E-state index contributed by atoms with van der Waals surface area (Å²) >= 11 is 6.15. The molecule has 5 nitrogen and oxygen atoms in total. The van der Waals surface area contributed by atoms with Crippen molar-refractivity contribution in [2.45, 2.75) is 43.5 Å². The maximum atomic E-state index is 12.8. The fourth-order valence-corrected chi connectivity index (χ4v) is 6.02. The van der Waals surface area contributed by atoms with Crippen molar-refractivity contribution in [3.05, 3.63) is 58.6 Å². The summed E-state index contributed by atoms with van der Waals surface area (Å²) in [6.45, 7) is 1.88. The minimum absolute atomic E-state index is 0.0802. The molecule has 7 heteroatoms. The van der Waals surface area contributed by atoms with Crippen LogP contribution in [0.1, 0.15) is 41.6 Å². The molecule has 0 saturated heterocycles. The number of nitrogens with one attached hydrogen (secondary N) is 2. The Balaban J connectivity index is 1.55. The second-order valence-electron chi connectivity index (χ2n) is 7.87. The summed E-state index contributed by atoms with van der Waals surface area (Å²) in [5.74, 6) is 1.02. The van der Waals surface area contributed by atoms with E-state index < -0.39 is 10.0 Å². The van der Waals surface area contributed by atoms with Crippen LogP contribution in [0.2, 0.25) is 5.02 Å². The van der Waals surface area contributed by atoms with Crippen molar-refractivity contribution in [3.63, 3.8) is 0 Å². The van der Waals surface area contributed by atoms with E-state index in [1.807, 2.05) is 13.0 Å². The average Bonchev–Trinajstić information content (AvgIpc) is 3.24. The second kappa shape index (κ2) is 7.41. The maximum absolute atomic E-state index is 12.8. The van der Waals surface area contributed by atoms with Crippen LogP contribution in [0.5, 0.6) is 0 Å². The molecule has 1 amide bonds. The van der Waals surface area contributed by atoms with Crippen LogP contribution in [0.15, 0.2) is 47.4 Å². The van der Waals surface area contributed by atoms with E-state index in [0.29, 0.717) is 17.2 Å². The number of carbonyl (C=O) groups is 1. The number of hydrogen-bond donors (Lipinski definition) is 2. The predicted molar refractivity (Wildman–Crippen MR) is 110 cm³/mol. The van der Waals surface area contributed by atoms with Crippen molar-refractivity contribution in [1.82, 2.24) is 5.32 Å². The van der Waals surface area contributed by atoms with Gasteiger partial charge in [-0.15, -0.1) is 0 Å². The Morgan fingerprint density at radius 1 is 1.11 bits per heavy atom. The Labute approximate surface area is 170 Å². The van der Waals surface area contributed by atoms with Gasteiger partial charge in [0.15, 0.2) is 0 Å². The lowest BCUT2D eigenvalue weighted by Crippen LogP contribution is -2.38. The van der Waals surface area contributed by atoms with Gasteiger partial charge in [-0.2, -0.15) is 0 Å². The summed E-state index contributed by atoms with van der Waals surface area (Å²) in [5.41, 5.74) is 1.69. The first-order valence-electron chi connectivity index (χ1n) is 9.52. The van der Waals surface area contributed by atoms with Crippen LogP contribution in [0.25, 0.3) is 0 Å². The van der Waals surface area contributed by atoms with Crippen molar-refractivity contribution >= 4 is 33.2 Å². The first-order valence-corrected chi connectivity index (χ1v) is 11.4. The molecule has 28 heavy (non-hydrogen) atoms. The lowest BCUT2D eigenvalue weighted by molar-refractivity contribution is 0.0922. The minimum atomic E-state index is -3.91. The normalized spacial score (nSPS) is 23.6. The van der Waals surface area contributed by atoms with E-state index in [4.69, 9.17) is 11.6 Å². The van der Waals surface area contributed by atoms with Gasteiger partial charge in [-0.25, -0.2) is 8.42 Å². The highest BCUT2D eigenvalue weighted by Crippen LogP contribution is 2.44. The molecule has 0 aliphatic heterocycles. The number of anilines is 1. The molecule has 2 fully saturated rings. The highest BCUT2D eigenvalue weighted by Gasteiger charge is 2.40. The van der Waals surface area contributed by atoms with Crippen LogP contribution in [0.3, 0.4) is 0 Å². The smallest absolute Gasteiger partial charge is 0.263 e. The van der Waals surface area contributed by atoms with E-state index >= 15 is 0 Å². The van der Waals surface area contributed by atoms with Gasteiger partial charge < -0.3 is 5.32 Å². The van der Waals surface area contributed by atoms with Crippen LogP contribution in [0.4, 0.5) is 5.69 Å². The molecule has 0 heterocycles. The van der Waals surface area contributed by atoms with Gasteiger partial charge in [0.05, 0.1) is 5.02 Å². The standard InChI is InChI=1S/C21H23ClN2O3S/c1-13-3-2-4-17(9-13)24-28(26,27)20-12-16(7-8-18(20)22)21(25)23-19-11-14-5-6-15(19)10-14/h2-4,7-9,12,14-15,19,24H,5-6,10-11H2,1H3,(H,23,25)/t14-,15-,19+/m0/s1. The molecule has 2 N–H and O–H groups in total. The quantitative estimate of drug-likeness (QED) is 0.757. The number of fused-ring (bicyclic) bond motifs is 2. The van der Waals surface area contributed by atoms with Gasteiger partial charge in [0, 0.05) is 17.3 Å². The third-order valence-corrected chi connectivity index (χ3v) is 7.67. The van der Waals surface area contributed by atoms with Crippen molar-refractivity contribution in [3.8, 4) is 0 Å². The van der Waals surface area contributed by atoms with E-state index in [2.05, 4.69) is 10.0 Å². The molecule has 2 aliphatic rings. The summed E-state index contributed by atoms with van der Waals surface area (Å²) in [5, 5.41) is 3.16. The molecule has 2 saturated carbocycles. The van der Waals surface area contributed by atoms with Crippen LogP contribution in [-0.2, 0) is 10.0 Å². The molecule has 0 spiro atoms. The van der Waals surface area contributed by atoms with Crippen molar-refractivity contribution in [2.75, 3.05) is 4.72 Å². The molecule has 0 aromatic heterocycles. The highest BCUT2D eigenvalue weighted by molar-refractivity contribution is 7.92. The summed E-state index contributed by atoms with van der Waals surface area (Å²) in [4.78, 5) is 12.6. The number of carbonyl (C=O) groups excluding carboxylic acids is 1. The Bertz CT molecular complexity index is 1020. The second-order valence-corrected chi connectivity index (χ2v) is 9.93. The van der Waals surface area contributed by atoms with E-state index in [1.165, 1.54) is 25.0 Å². The number of aryl methyl sites for hydroxylation is 1. The van der Waals surface area contributed by atoms with E-state index in [-0.39, 0.29) is 21.9 Å². The summed E-state index contributed by atoms with van der Waals surface area (Å²) in [6.07, 6.45) is 4.62. The first kappa shape index (κ1) is 19.3. The van der Waals surface area contributed by atoms with Crippen molar-refractivity contribution in [1.29, 1.82) is 0 Å². The SMILES string of the molecule is Cc1cccc(NS(=O)(=O)c2cc(C(=O)N[C@@H]3C[C@H]4CC[C@H]3C4)ccc2Cl)c1. The van der Waals surface area contributed by atoms with Gasteiger partial charge in [0.25, 0.3) is 15.9 Å². The van der Waals surface area contributed by atoms with E-state index in [1.54, 1.807) is 24.3 Å². The zero-order valence-electron chi connectivity index (χ0n) is 15.6. The highest BCUT2D eigenvalue weighted by atomic mass is 35.5. The lowest BCUT2D eigenvalue weighted by atomic mass is 9.95. The molecule has 0 unspecified atom stereocenters. The Hall–Kier alpha value is -2.05. The molecule has 2 aromatic carbocycles. The van der Waals surface area contributed by atoms with Crippen LogP contribution in [-0.4, -0.2) is 20.4 Å². The topological polar surface area (TPSA) is 75.3 Å². The number of hydrogen-bond acceptors (Lipinski definition) is 3. The molecule has 0 radical (unpaired) electrons. The largest absolute Gasteiger partial charge is 0.349 e. The Morgan fingerprint density at radius 3 is 2.61 bits per heavy atom. The molecule has 2 bridgehead atoms. The van der Waals surface area contributed by atoms with Gasteiger partial charge in [0.1, 0.15) is 4.90 Å². The number of halogens is 1. The fourth-order valence-electron chi connectivity index (χ4n) is 4.44. The summed E-state index contributed by atoms with van der Waals surface area (Å²) < 4.78 is 28.2. The van der Waals surface area contributed by atoms with E-state index in [9.17, 15) is 13.2 Å². The zero-order chi connectivity index (χ0) is 19.9. The number of sulfonamides is 1. The maximum Gasteiger partial charge on any atom is 0.263 e. The monoisotopic (exact) mass is 418 g/mol. The Morgan fingerprint density at radius 2 is 1.93 bits per heavy atom.